The third kappa shape index (κ3) is 3.57. The van der Waals surface area contributed by atoms with Gasteiger partial charge in [0.15, 0.2) is 6.29 Å². The van der Waals surface area contributed by atoms with E-state index < -0.39 is 0 Å². The Labute approximate surface area is 88.0 Å². The summed E-state index contributed by atoms with van der Waals surface area (Å²) in [5, 5.41) is 9.22. The molecule has 1 N–H and O–H groups in total. The van der Waals surface area contributed by atoms with Crippen LogP contribution in [-0.4, -0.2) is 31.4 Å². The number of hydrogen-bond acceptors (Lipinski definition) is 4. The molecule has 0 saturated carbocycles. The van der Waals surface area contributed by atoms with E-state index in [4.69, 9.17) is 9.47 Å². The molecule has 1 aromatic rings. The number of ether oxygens (including phenoxy) is 2. The van der Waals surface area contributed by atoms with Gasteiger partial charge in [0.2, 0.25) is 0 Å². The molecule has 4 heteroatoms. The van der Waals surface area contributed by atoms with Crippen molar-refractivity contribution in [3.63, 3.8) is 0 Å². The Morgan fingerprint density at radius 2 is 2.07 bits per heavy atom. The quantitative estimate of drug-likeness (QED) is 0.602. The molecule has 0 amide bonds. The van der Waals surface area contributed by atoms with Crippen molar-refractivity contribution in [3.05, 3.63) is 24.3 Å². The average Bonchev–Trinajstić information content (AvgIpc) is 2.19. The standard InChI is InChI=1S/C10H14O3S/c1-12-10(13-2)7-14-9-5-3-4-8(11)6-9/h3-6,10-11H,7H2,1-2H3. The molecule has 0 saturated heterocycles. The zero-order valence-corrected chi connectivity index (χ0v) is 9.08. The lowest BCUT2D eigenvalue weighted by Crippen LogP contribution is -2.15. The van der Waals surface area contributed by atoms with Crippen molar-refractivity contribution in [1.82, 2.24) is 0 Å². The van der Waals surface area contributed by atoms with Crippen LogP contribution in [-0.2, 0) is 9.47 Å². The maximum Gasteiger partial charge on any atom is 0.166 e. The summed E-state index contributed by atoms with van der Waals surface area (Å²) in [5.74, 6) is 0.984. The first kappa shape index (κ1) is 11.4. The van der Waals surface area contributed by atoms with Gasteiger partial charge in [0, 0.05) is 24.9 Å². The van der Waals surface area contributed by atoms with Crippen LogP contribution in [0.2, 0.25) is 0 Å². The molecule has 0 bridgehead atoms. The van der Waals surface area contributed by atoms with Crippen LogP contribution in [0.15, 0.2) is 29.2 Å². The molecule has 0 fully saturated rings. The molecular formula is C10H14O3S. The molecule has 3 nitrogen and oxygen atoms in total. The first-order valence-electron chi connectivity index (χ1n) is 4.23. The van der Waals surface area contributed by atoms with Crippen molar-refractivity contribution in [2.45, 2.75) is 11.2 Å². The van der Waals surface area contributed by atoms with Crippen molar-refractivity contribution in [1.29, 1.82) is 0 Å². The number of aromatic hydroxyl groups is 1. The van der Waals surface area contributed by atoms with Crippen molar-refractivity contribution < 1.29 is 14.6 Å². The molecule has 0 radical (unpaired) electrons. The molecule has 0 aliphatic heterocycles. The first-order valence-corrected chi connectivity index (χ1v) is 5.22. The van der Waals surface area contributed by atoms with E-state index in [1.807, 2.05) is 12.1 Å². The molecular weight excluding hydrogens is 200 g/mol. The fraction of sp³-hybridized carbons (Fsp3) is 0.400. The van der Waals surface area contributed by atoms with Gasteiger partial charge < -0.3 is 14.6 Å². The lowest BCUT2D eigenvalue weighted by atomic mass is 10.3. The highest BCUT2D eigenvalue weighted by molar-refractivity contribution is 7.99. The fourth-order valence-electron chi connectivity index (χ4n) is 0.970. The number of thioether (sulfide) groups is 1. The Bertz CT molecular complexity index is 274. The summed E-state index contributed by atoms with van der Waals surface area (Å²) in [6.45, 7) is 0. The Balaban J connectivity index is 2.44. The molecule has 0 aliphatic rings. The lowest BCUT2D eigenvalue weighted by molar-refractivity contribution is -0.0842. The minimum atomic E-state index is -0.206. The molecule has 1 aromatic carbocycles. The van der Waals surface area contributed by atoms with E-state index in [1.54, 1.807) is 38.1 Å². The summed E-state index contributed by atoms with van der Waals surface area (Å²) in [4.78, 5) is 1.00. The van der Waals surface area contributed by atoms with Crippen molar-refractivity contribution in [3.8, 4) is 5.75 Å². The van der Waals surface area contributed by atoms with E-state index in [9.17, 15) is 5.11 Å². The van der Waals surface area contributed by atoms with E-state index in [-0.39, 0.29) is 12.0 Å². The van der Waals surface area contributed by atoms with Crippen LogP contribution in [0.25, 0.3) is 0 Å². The maximum atomic E-state index is 9.22. The minimum Gasteiger partial charge on any atom is -0.508 e. The van der Waals surface area contributed by atoms with E-state index in [0.29, 0.717) is 5.75 Å². The van der Waals surface area contributed by atoms with Gasteiger partial charge in [-0.1, -0.05) is 6.07 Å². The van der Waals surface area contributed by atoms with E-state index >= 15 is 0 Å². The number of hydrogen-bond donors (Lipinski definition) is 1. The van der Waals surface area contributed by atoms with Gasteiger partial charge >= 0.3 is 0 Å². The van der Waals surface area contributed by atoms with Crippen LogP contribution in [0.3, 0.4) is 0 Å². The zero-order chi connectivity index (χ0) is 10.4. The SMILES string of the molecule is COC(CSc1cccc(O)c1)OC. The number of phenols is 1. The average molecular weight is 214 g/mol. The first-order chi connectivity index (χ1) is 6.76. The molecule has 0 unspecified atom stereocenters. The predicted octanol–water partition coefficient (Wildman–Crippen LogP) is 2.10. The Morgan fingerprint density at radius 3 is 2.64 bits per heavy atom. The van der Waals surface area contributed by atoms with Gasteiger partial charge in [0.05, 0.1) is 0 Å². The monoisotopic (exact) mass is 214 g/mol. The Kier molecular flexibility index (Phi) is 4.79. The van der Waals surface area contributed by atoms with Crippen molar-refractivity contribution in [2.24, 2.45) is 0 Å². The molecule has 1 rings (SSSR count). The fourth-order valence-corrected chi connectivity index (χ4v) is 1.95. The Hall–Kier alpha value is -0.710. The lowest BCUT2D eigenvalue weighted by Gasteiger charge is -2.12. The second-order valence-electron chi connectivity index (χ2n) is 2.71. The van der Waals surface area contributed by atoms with Crippen LogP contribution in [0.5, 0.6) is 5.75 Å². The van der Waals surface area contributed by atoms with Crippen molar-refractivity contribution in [2.75, 3.05) is 20.0 Å². The molecule has 0 spiro atoms. The van der Waals surface area contributed by atoms with E-state index in [1.165, 1.54) is 0 Å². The summed E-state index contributed by atoms with van der Waals surface area (Å²) in [7, 11) is 3.22. The highest BCUT2D eigenvalue weighted by Gasteiger charge is 2.05. The van der Waals surface area contributed by atoms with Gasteiger partial charge in [-0.25, -0.2) is 0 Å². The second-order valence-corrected chi connectivity index (χ2v) is 3.80. The number of methoxy groups -OCH3 is 2. The molecule has 0 aromatic heterocycles. The zero-order valence-electron chi connectivity index (χ0n) is 8.27. The van der Waals surface area contributed by atoms with Gasteiger partial charge in [-0.2, -0.15) is 0 Å². The van der Waals surface area contributed by atoms with Gasteiger partial charge in [0.25, 0.3) is 0 Å². The summed E-state index contributed by atoms with van der Waals surface area (Å²) in [6, 6.07) is 7.11. The number of phenolic OH excluding ortho intramolecular Hbond substituents is 1. The second kappa shape index (κ2) is 5.90. The van der Waals surface area contributed by atoms with Crippen molar-refractivity contribution >= 4 is 11.8 Å². The van der Waals surface area contributed by atoms with Crippen LogP contribution in [0.1, 0.15) is 0 Å². The Morgan fingerprint density at radius 1 is 1.36 bits per heavy atom. The van der Waals surface area contributed by atoms with Crippen LogP contribution in [0.4, 0.5) is 0 Å². The molecule has 0 atom stereocenters. The third-order valence-electron chi connectivity index (χ3n) is 1.73. The molecule has 0 aliphatic carbocycles. The van der Waals surface area contributed by atoms with E-state index in [0.717, 1.165) is 4.90 Å². The van der Waals surface area contributed by atoms with Gasteiger partial charge in [-0.05, 0) is 18.2 Å². The van der Waals surface area contributed by atoms with E-state index in [2.05, 4.69) is 0 Å². The van der Waals surface area contributed by atoms with Gasteiger partial charge in [-0.3, -0.25) is 0 Å². The molecule has 14 heavy (non-hydrogen) atoms. The normalized spacial score (nSPS) is 10.8. The number of rotatable bonds is 5. The van der Waals surface area contributed by atoms with Crippen LogP contribution < -0.4 is 0 Å². The molecule has 0 heterocycles. The number of benzene rings is 1. The maximum absolute atomic E-state index is 9.22. The smallest absolute Gasteiger partial charge is 0.166 e. The largest absolute Gasteiger partial charge is 0.508 e. The highest BCUT2D eigenvalue weighted by Crippen LogP contribution is 2.23. The summed E-state index contributed by atoms with van der Waals surface area (Å²) in [5.41, 5.74) is 0. The minimum absolute atomic E-state index is 0.206. The van der Waals surface area contributed by atoms with Crippen LogP contribution >= 0.6 is 11.8 Å². The highest BCUT2D eigenvalue weighted by atomic mass is 32.2. The summed E-state index contributed by atoms with van der Waals surface area (Å²) in [6.07, 6.45) is -0.206. The third-order valence-corrected chi connectivity index (χ3v) is 2.76. The predicted molar refractivity (Wildman–Crippen MR) is 56.6 cm³/mol. The van der Waals surface area contributed by atoms with Crippen LogP contribution in [0, 0.1) is 0 Å². The van der Waals surface area contributed by atoms with Gasteiger partial charge in [0.1, 0.15) is 5.75 Å². The topological polar surface area (TPSA) is 38.7 Å². The molecule has 78 valence electrons. The van der Waals surface area contributed by atoms with Gasteiger partial charge in [-0.15, -0.1) is 11.8 Å². The summed E-state index contributed by atoms with van der Waals surface area (Å²) < 4.78 is 10.1. The summed E-state index contributed by atoms with van der Waals surface area (Å²) >= 11 is 1.58.